The molecule has 2 aromatic rings. The lowest BCUT2D eigenvalue weighted by Crippen LogP contribution is -2.46. The summed E-state index contributed by atoms with van der Waals surface area (Å²) < 4.78 is 5.21. The Hall–Kier alpha value is -2.87. The first-order valence-electron chi connectivity index (χ1n) is 8.47. The minimum atomic E-state index is -0.357. The summed E-state index contributed by atoms with van der Waals surface area (Å²) in [5.74, 6) is -0.0531. The van der Waals surface area contributed by atoms with Crippen LogP contribution < -0.4 is 15.6 Å². The van der Waals surface area contributed by atoms with Crippen molar-refractivity contribution in [2.24, 2.45) is 0 Å². The van der Waals surface area contributed by atoms with Gasteiger partial charge in [0.15, 0.2) is 0 Å². The van der Waals surface area contributed by atoms with Crippen molar-refractivity contribution in [3.8, 4) is 5.75 Å². The van der Waals surface area contributed by atoms with Gasteiger partial charge in [-0.2, -0.15) is 5.10 Å². The third kappa shape index (κ3) is 4.46. The van der Waals surface area contributed by atoms with Gasteiger partial charge in [-0.3, -0.25) is 14.4 Å². The highest BCUT2D eigenvalue weighted by atomic mass is 35.5. The van der Waals surface area contributed by atoms with Crippen molar-refractivity contribution in [1.29, 1.82) is 0 Å². The molecule has 2 amide bonds. The Labute approximate surface area is 160 Å². The lowest BCUT2D eigenvalue weighted by molar-refractivity contribution is 0.0691. The number of halogens is 1. The van der Waals surface area contributed by atoms with E-state index in [4.69, 9.17) is 16.3 Å². The summed E-state index contributed by atoms with van der Waals surface area (Å²) in [6, 6.07) is 7.48. The fraction of sp³-hybridized carbons (Fsp3) is 0.333. The molecule has 0 saturated carbocycles. The van der Waals surface area contributed by atoms with Crippen LogP contribution in [0.2, 0.25) is 5.02 Å². The van der Waals surface area contributed by atoms with Crippen LogP contribution in [0.5, 0.6) is 5.75 Å². The van der Waals surface area contributed by atoms with Gasteiger partial charge in [0.1, 0.15) is 11.4 Å². The number of nitrogens with one attached hydrogen (secondary N) is 2. The summed E-state index contributed by atoms with van der Waals surface area (Å²) in [7, 11) is 1.50. The molecule has 2 N–H and O–H groups in total. The average molecular weight is 391 g/mol. The van der Waals surface area contributed by atoms with Crippen LogP contribution in [0.25, 0.3) is 0 Å². The molecule has 0 aliphatic carbocycles. The molecule has 1 saturated heterocycles. The molecule has 0 atom stereocenters. The molecular formula is C18H19ClN4O4. The Morgan fingerprint density at radius 2 is 2.00 bits per heavy atom. The van der Waals surface area contributed by atoms with Crippen LogP contribution in [-0.4, -0.2) is 53.2 Å². The molecule has 2 heterocycles. The number of likely N-dealkylation sites (tertiary alicyclic amines) is 1. The summed E-state index contributed by atoms with van der Waals surface area (Å²) >= 11 is 5.97. The zero-order valence-electron chi connectivity index (χ0n) is 14.7. The zero-order chi connectivity index (χ0) is 19.4. The Balaban J connectivity index is 1.59. The van der Waals surface area contributed by atoms with Gasteiger partial charge in [-0.1, -0.05) is 11.6 Å². The van der Waals surface area contributed by atoms with Crippen LogP contribution in [-0.2, 0) is 0 Å². The van der Waals surface area contributed by atoms with E-state index in [1.165, 1.54) is 19.2 Å². The van der Waals surface area contributed by atoms with Gasteiger partial charge in [0.25, 0.3) is 17.4 Å². The van der Waals surface area contributed by atoms with Crippen molar-refractivity contribution in [1.82, 2.24) is 20.4 Å². The molecule has 3 rings (SSSR count). The Morgan fingerprint density at radius 3 is 2.63 bits per heavy atom. The van der Waals surface area contributed by atoms with Gasteiger partial charge in [0.05, 0.1) is 12.7 Å². The lowest BCUT2D eigenvalue weighted by Gasteiger charge is -2.32. The van der Waals surface area contributed by atoms with Crippen molar-refractivity contribution < 1.29 is 14.3 Å². The standard InChI is InChI=1S/C18H19ClN4O4/c1-27-15-4-2-11(19)10-13(15)17(25)20-12-6-8-23(9-7-12)18(26)14-3-5-16(24)22-21-14/h2-5,10,12H,6-9H2,1H3,(H,20,25)(H,22,24). The van der Waals surface area contributed by atoms with Crippen molar-refractivity contribution in [2.75, 3.05) is 20.2 Å². The molecule has 1 aromatic heterocycles. The smallest absolute Gasteiger partial charge is 0.274 e. The van der Waals surface area contributed by atoms with Crippen LogP contribution in [0, 0.1) is 0 Å². The van der Waals surface area contributed by atoms with Crippen molar-refractivity contribution >= 4 is 23.4 Å². The van der Waals surface area contributed by atoms with E-state index in [-0.39, 0.29) is 29.1 Å². The maximum absolute atomic E-state index is 12.5. The SMILES string of the molecule is COc1ccc(Cl)cc1C(=O)NC1CCN(C(=O)c2ccc(=O)[nH]n2)CC1. The largest absolute Gasteiger partial charge is 0.496 e. The monoisotopic (exact) mass is 390 g/mol. The number of ether oxygens (including phenoxy) is 1. The highest BCUT2D eigenvalue weighted by Crippen LogP contribution is 2.23. The molecule has 8 nitrogen and oxygen atoms in total. The second-order valence-electron chi connectivity index (χ2n) is 6.19. The van der Waals surface area contributed by atoms with Gasteiger partial charge < -0.3 is 15.0 Å². The molecular weight excluding hydrogens is 372 g/mol. The molecule has 1 aliphatic rings. The number of rotatable bonds is 4. The predicted octanol–water partition coefficient (Wildman–Crippen LogP) is 1.47. The van der Waals surface area contributed by atoms with Crippen molar-refractivity contribution in [3.63, 3.8) is 0 Å². The number of hydrogen-bond donors (Lipinski definition) is 2. The fourth-order valence-corrected chi connectivity index (χ4v) is 3.15. The van der Waals surface area contributed by atoms with Crippen molar-refractivity contribution in [3.05, 3.63) is 57.0 Å². The van der Waals surface area contributed by atoms with Crippen LogP contribution in [0.4, 0.5) is 0 Å². The van der Waals surface area contributed by atoms with E-state index in [0.717, 1.165) is 0 Å². The second-order valence-corrected chi connectivity index (χ2v) is 6.63. The number of benzene rings is 1. The van der Waals surface area contributed by atoms with E-state index in [9.17, 15) is 14.4 Å². The summed E-state index contributed by atoms with van der Waals surface area (Å²) in [5, 5.41) is 9.44. The minimum Gasteiger partial charge on any atom is -0.496 e. The van der Waals surface area contributed by atoms with E-state index in [1.807, 2.05) is 0 Å². The summed E-state index contributed by atoms with van der Waals surface area (Å²) in [6.45, 7) is 0.967. The summed E-state index contributed by atoms with van der Waals surface area (Å²) in [6.07, 6.45) is 1.23. The molecule has 1 aromatic carbocycles. The zero-order valence-corrected chi connectivity index (χ0v) is 15.5. The third-order valence-electron chi connectivity index (χ3n) is 4.42. The van der Waals surface area contributed by atoms with Crippen LogP contribution in [0.1, 0.15) is 33.7 Å². The number of carbonyl (C=O) groups is 2. The Bertz CT molecular complexity index is 886. The minimum absolute atomic E-state index is 0.0613. The highest BCUT2D eigenvalue weighted by molar-refractivity contribution is 6.31. The van der Waals surface area contributed by atoms with Crippen molar-refractivity contribution in [2.45, 2.75) is 18.9 Å². The summed E-state index contributed by atoms with van der Waals surface area (Å²) in [4.78, 5) is 37.7. The first-order chi connectivity index (χ1) is 13.0. The normalized spacial score (nSPS) is 14.7. The Kier molecular flexibility index (Phi) is 5.75. The van der Waals surface area contributed by atoms with E-state index in [2.05, 4.69) is 15.5 Å². The van der Waals surface area contributed by atoms with E-state index >= 15 is 0 Å². The first-order valence-corrected chi connectivity index (χ1v) is 8.85. The Morgan fingerprint density at radius 1 is 1.26 bits per heavy atom. The molecule has 27 heavy (non-hydrogen) atoms. The van der Waals surface area contributed by atoms with E-state index in [1.54, 1.807) is 23.1 Å². The number of H-pyrrole nitrogens is 1. The number of nitrogens with zero attached hydrogens (tertiary/aromatic N) is 2. The second kappa shape index (κ2) is 8.22. The molecule has 0 unspecified atom stereocenters. The highest BCUT2D eigenvalue weighted by Gasteiger charge is 2.26. The number of piperidine rings is 1. The van der Waals surface area contributed by atoms with Gasteiger partial charge >= 0.3 is 0 Å². The number of amides is 2. The van der Waals surface area contributed by atoms with Gasteiger partial charge in [-0.15, -0.1) is 0 Å². The molecule has 0 radical (unpaired) electrons. The first kappa shape index (κ1) is 18.9. The lowest BCUT2D eigenvalue weighted by atomic mass is 10.0. The number of aromatic nitrogens is 2. The quantitative estimate of drug-likeness (QED) is 0.822. The number of aromatic amines is 1. The van der Waals surface area contributed by atoms with E-state index in [0.29, 0.717) is 42.3 Å². The van der Waals surface area contributed by atoms with Gasteiger partial charge in [-0.05, 0) is 37.1 Å². The number of methoxy groups -OCH3 is 1. The fourth-order valence-electron chi connectivity index (χ4n) is 2.97. The maximum atomic E-state index is 12.5. The topological polar surface area (TPSA) is 104 Å². The number of carbonyl (C=O) groups excluding carboxylic acids is 2. The van der Waals surface area contributed by atoms with Gasteiger partial charge in [-0.25, -0.2) is 5.10 Å². The average Bonchev–Trinajstić information content (AvgIpc) is 2.68. The molecule has 0 spiro atoms. The van der Waals surface area contributed by atoms with E-state index < -0.39 is 0 Å². The van der Waals surface area contributed by atoms with Crippen LogP contribution in [0.15, 0.2) is 35.1 Å². The predicted molar refractivity (Wildman–Crippen MR) is 99.3 cm³/mol. The number of hydrogen-bond acceptors (Lipinski definition) is 5. The maximum Gasteiger partial charge on any atom is 0.274 e. The molecule has 1 aliphatic heterocycles. The third-order valence-corrected chi connectivity index (χ3v) is 4.66. The van der Waals surface area contributed by atoms with Crippen LogP contribution in [0.3, 0.4) is 0 Å². The van der Waals surface area contributed by atoms with Gasteiger partial charge in [0, 0.05) is 30.2 Å². The molecule has 0 bridgehead atoms. The summed E-state index contributed by atoms with van der Waals surface area (Å²) in [5.41, 5.74) is 0.214. The molecule has 1 fully saturated rings. The molecule has 9 heteroatoms. The van der Waals surface area contributed by atoms with Crippen LogP contribution >= 0.6 is 11.6 Å². The van der Waals surface area contributed by atoms with Gasteiger partial charge in [0.2, 0.25) is 0 Å². The molecule has 142 valence electrons.